The van der Waals surface area contributed by atoms with Crippen LogP contribution in [-0.2, 0) is 31.8 Å². The van der Waals surface area contributed by atoms with E-state index in [1.165, 1.54) is 18.1 Å². The van der Waals surface area contributed by atoms with Gasteiger partial charge < -0.3 is 15.4 Å². The Labute approximate surface area is 274 Å². The molecule has 0 bridgehead atoms. The molecule has 0 saturated carbocycles. The molecule has 0 aliphatic carbocycles. The molecular formula is C35H32F3N5O5. The molecule has 5 rings (SSSR count). The van der Waals surface area contributed by atoms with E-state index in [2.05, 4.69) is 27.0 Å². The van der Waals surface area contributed by atoms with Gasteiger partial charge in [0.05, 0.1) is 31.0 Å². The molecule has 0 radical (unpaired) electrons. The van der Waals surface area contributed by atoms with Gasteiger partial charge in [0.1, 0.15) is 11.9 Å². The van der Waals surface area contributed by atoms with E-state index in [0.29, 0.717) is 28.2 Å². The number of fused-ring (bicyclic) bond motifs is 1. The number of methoxy groups -OCH3 is 1. The Morgan fingerprint density at radius 2 is 1.73 bits per heavy atom. The quantitative estimate of drug-likeness (QED) is 0.184. The fourth-order valence-corrected chi connectivity index (χ4v) is 5.61. The number of hydrogen-bond acceptors (Lipinski definition) is 6. The minimum absolute atomic E-state index is 0.0193. The third-order valence-electron chi connectivity index (χ3n) is 7.95. The average molecular weight is 660 g/mol. The highest BCUT2D eigenvalue weighted by Gasteiger charge is 2.44. The van der Waals surface area contributed by atoms with Crippen LogP contribution in [0.25, 0.3) is 5.69 Å². The maximum atomic E-state index is 14.3. The second-order valence-corrected chi connectivity index (χ2v) is 11.0. The summed E-state index contributed by atoms with van der Waals surface area (Å²) in [5, 5.41) is 10.0. The third kappa shape index (κ3) is 6.99. The van der Waals surface area contributed by atoms with Crippen molar-refractivity contribution < 1.29 is 37.1 Å². The summed E-state index contributed by atoms with van der Waals surface area (Å²) in [6, 6.07) is 18.9. The highest BCUT2D eigenvalue weighted by atomic mass is 19.4. The Hall–Kier alpha value is -5.72. The van der Waals surface area contributed by atoms with Gasteiger partial charge in [-0.1, -0.05) is 55.1 Å². The molecule has 1 aliphatic rings. The summed E-state index contributed by atoms with van der Waals surface area (Å²) in [6.07, 6.45) is -3.33. The van der Waals surface area contributed by atoms with E-state index >= 15 is 0 Å². The zero-order valence-electron chi connectivity index (χ0n) is 26.1. The summed E-state index contributed by atoms with van der Waals surface area (Å²) in [4.78, 5) is 53.4. The number of anilines is 1. The van der Waals surface area contributed by atoms with Crippen LogP contribution in [0.5, 0.6) is 0 Å². The van der Waals surface area contributed by atoms with E-state index in [-0.39, 0.29) is 30.6 Å². The molecule has 2 N–H and O–H groups in total. The molecule has 0 fully saturated rings. The Balaban J connectivity index is 1.54. The fourth-order valence-electron chi connectivity index (χ4n) is 5.61. The number of halogens is 3. The number of esters is 1. The lowest BCUT2D eigenvalue weighted by Crippen LogP contribution is -2.55. The number of aromatic nitrogens is 2. The number of carbonyl (C=O) groups is 4. The van der Waals surface area contributed by atoms with Gasteiger partial charge in [-0.2, -0.15) is 18.3 Å². The maximum absolute atomic E-state index is 14.3. The van der Waals surface area contributed by atoms with Crippen molar-refractivity contribution in [3.05, 3.63) is 125 Å². The Kier molecular flexibility index (Phi) is 9.78. The van der Waals surface area contributed by atoms with Gasteiger partial charge in [-0.05, 0) is 48.4 Å². The smallest absolute Gasteiger partial charge is 0.416 e. The third-order valence-corrected chi connectivity index (χ3v) is 7.95. The van der Waals surface area contributed by atoms with Gasteiger partial charge in [0.2, 0.25) is 5.91 Å². The summed E-state index contributed by atoms with van der Waals surface area (Å²) < 4.78 is 46.6. The molecule has 4 aromatic rings. The van der Waals surface area contributed by atoms with Crippen molar-refractivity contribution in [1.29, 1.82) is 0 Å². The number of hydrogen-bond donors (Lipinski definition) is 2. The van der Waals surface area contributed by atoms with Gasteiger partial charge in [-0.25, -0.2) is 4.68 Å². The number of carbonyl (C=O) groups excluding carboxylic acids is 4. The monoisotopic (exact) mass is 659 g/mol. The molecule has 48 heavy (non-hydrogen) atoms. The summed E-state index contributed by atoms with van der Waals surface area (Å²) >= 11 is 0. The van der Waals surface area contributed by atoms with Crippen LogP contribution in [-0.4, -0.2) is 53.2 Å². The predicted octanol–water partition coefficient (Wildman–Crippen LogP) is 4.92. The molecule has 0 spiro atoms. The lowest BCUT2D eigenvalue weighted by Gasteiger charge is -2.38. The van der Waals surface area contributed by atoms with Crippen molar-refractivity contribution in [1.82, 2.24) is 20.4 Å². The van der Waals surface area contributed by atoms with Gasteiger partial charge in [0, 0.05) is 35.7 Å². The Bertz CT molecular complexity index is 1870. The first-order valence-electron chi connectivity index (χ1n) is 15.0. The topological polar surface area (TPSA) is 123 Å². The Morgan fingerprint density at radius 1 is 1.00 bits per heavy atom. The number of alkyl halides is 3. The minimum Gasteiger partial charge on any atom is -0.469 e. The van der Waals surface area contributed by atoms with Gasteiger partial charge in [0.25, 0.3) is 11.8 Å². The van der Waals surface area contributed by atoms with Crippen LogP contribution in [0.1, 0.15) is 51.9 Å². The maximum Gasteiger partial charge on any atom is 0.416 e. The van der Waals surface area contributed by atoms with Crippen LogP contribution in [0, 0.1) is 0 Å². The molecule has 3 amide bonds. The van der Waals surface area contributed by atoms with Crippen LogP contribution in [0.3, 0.4) is 0 Å². The standard InChI is InChI=1S/C35H32F3N5O5/c1-4-42-33-27(20-40-43(33)26-14-6-5-7-15-26)29(23-11-8-10-22(17-23)19-39-31(45)21(2)16-28(44)48-3)30(34(42)47)41-32(46)24-12-9-13-25(18-24)35(36,37)38/h5-15,17-18,20,29-30H,2,4,16,19H2,1,3H3,(H,39,45)(H,41,46)/t29-,30+/m1/s1. The fraction of sp³-hybridized carbons (Fsp3) is 0.229. The number of nitrogens with zero attached hydrogens (tertiary/aromatic N) is 3. The molecule has 1 aliphatic heterocycles. The van der Waals surface area contributed by atoms with Crippen LogP contribution in [0.2, 0.25) is 0 Å². The van der Waals surface area contributed by atoms with Crippen LogP contribution in [0.4, 0.5) is 19.0 Å². The minimum atomic E-state index is -4.67. The van der Waals surface area contributed by atoms with Crippen LogP contribution in [0.15, 0.2) is 97.2 Å². The zero-order chi connectivity index (χ0) is 34.6. The van der Waals surface area contributed by atoms with E-state index in [4.69, 9.17) is 0 Å². The molecule has 0 saturated heterocycles. The van der Waals surface area contributed by atoms with E-state index in [1.807, 2.05) is 30.3 Å². The second-order valence-electron chi connectivity index (χ2n) is 11.0. The number of nitrogens with one attached hydrogen (secondary N) is 2. The summed E-state index contributed by atoms with van der Waals surface area (Å²) in [5.41, 5.74) is 1.28. The molecule has 1 aromatic heterocycles. The molecule has 2 heterocycles. The van der Waals surface area contributed by atoms with Crippen molar-refractivity contribution in [2.75, 3.05) is 18.6 Å². The second kappa shape index (κ2) is 14.0. The van der Waals surface area contributed by atoms with Crippen LogP contribution >= 0.6 is 0 Å². The first kappa shape index (κ1) is 33.6. The van der Waals surface area contributed by atoms with Crippen molar-refractivity contribution in [2.45, 2.75) is 38.0 Å². The van der Waals surface area contributed by atoms with Crippen molar-refractivity contribution in [3.8, 4) is 5.69 Å². The van der Waals surface area contributed by atoms with Gasteiger partial charge >= 0.3 is 12.1 Å². The SMILES string of the molecule is C=C(CC(=O)OC)C(=O)NCc1cccc([C@@H]2c3cnn(-c4ccccc4)c3N(CC)C(=O)[C@H]2NC(=O)c2cccc(C(F)(F)F)c2)c1. The first-order chi connectivity index (χ1) is 22.9. The van der Waals surface area contributed by atoms with Crippen molar-refractivity contribution >= 4 is 29.5 Å². The average Bonchev–Trinajstić information content (AvgIpc) is 3.52. The number of amides is 3. The van der Waals surface area contributed by atoms with Gasteiger partial charge in [0.15, 0.2) is 0 Å². The summed E-state index contributed by atoms with van der Waals surface area (Å²) in [7, 11) is 1.21. The Morgan fingerprint density at radius 3 is 2.42 bits per heavy atom. The van der Waals surface area contributed by atoms with Crippen molar-refractivity contribution in [3.63, 3.8) is 0 Å². The molecule has 10 nitrogen and oxygen atoms in total. The van der Waals surface area contributed by atoms with E-state index < -0.39 is 47.4 Å². The lowest BCUT2D eigenvalue weighted by atomic mass is 9.81. The van der Waals surface area contributed by atoms with Gasteiger partial charge in [-0.3, -0.25) is 24.1 Å². The van der Waals surface area contributed by atoms with Crippen molar-refractivity contribution in [2.24, 2.45) is 0 Å². The molecule has 248 valence electrons. The number of rotatable bonds is 10. The lowest BCUT2D eigenvalue weighted by molar-refractivity contribution is -0.140. The van der Waals surface area contributed by atoms with E-state index in [9.17, 15) is 32.3 Å². The number of para-hydroxylation sites is 1. The number of benzene rings is 3. The zero-order valence-corrected chi connectivity index (χ0v) is 26.1. The van der Waals surface area contributed by atoms with Gasteiger partial charge in [-0.15, -0.1) is 0 Å². The molecule has 3 aromatic carbocycles. The summed E-state index contributed by atoms with van der Waals surface area (Å²) in [6.45, 7) is 5.67. The largest absolute Gasteiger partial charge is 0.469 e. The molecule has 13 heteroatoms. The number of ether oxygens (including phenoxy) is 1. The normalized spacial score (nSPS) is 15.8. The highest BCUT2D eigenvalue weighted by molar-refractivity contribution is 6.05. The van der Waals surface area contributed by atoms with Crippen LogP contribution < -0.4 is 15.5 Å². The highest BCUT2D eigenvalue weighted by Crippen LogP contribution is 2.41. The molecule has 2 atom stereocenters. The number of likely N-dealkylation sites (N-methyl/N-ethyl adjacent to an activating group) is 1. The molecule has 0 unspecified atom stereocenters. The summed E-state index contributed by atoms with van der Waals surface area (Å²) in [5.74, 6) is -2.81. The predicted molar refractivity (Wildman–Crippen MR) is 170 cm³/mol. The van der Waals surface area contributed by atoms with E-state index in [1.54, 1.807) is 42.1 Å². The molecular weight excluding hydrogens is 627 g/mol. The first-order valence-corrected chi connectivity index (χ1v) is 15.0. The van der Waals surface area contributed by atoms with E-state index in [0.717, 1.165) is 18.2 Å².